The number of anilines is 1. The molecule has 6 heteroatoms. The molecule has 1 heterocycles. The molecule has 0 saturated carbocycles. The molecule has 1 fully saturated rings. The molecule has 2 rings (SSSR count). The number of halogens is 1. The molecule has 0 bridgehead atoms. The predicted octanol–water partition coefficient (Wildman–Crippen LogP) is 1.81. The van der Waals surface area contributed by atoms with Crippen LogP contribution >= 0.6 is 0 Å². The molecule has 1 aliphatic rings. The summed E-state index contributed by atoms with van der Waals surface area (Å²) in [5, 5.41) is 11.8. The summed E-state index contributed by atoms with van der Waals surface area (Å²) in [6, 6.07) is 7.37. The van der Waals surface area contributed by atoms with E-state index in [1.54, 1.807) is 6.20 Å². The molecule has 1 saturated heterocycles. The summed E-state index contributed by atoms with van der Waals surface area (Å²) in [6.07, 6.45) is 1.60. The Balaban J connectivity index is 1.98. The third kappa shape index (κ3) is 4.30. The Bertz CT molecular complexity index is 583. The Hall–Kier alpha value is -2.39. The first kappa shape index (κ1) is 16.0. The molecule has 0 spiro atoms. The van der Waals surface area contributed by atoms with Crippen LogP contribution in [0.4, 0.5) is 10.1 Å². The number of nitrogens with zero attached hydrogens (tertiary/aromatic N) is 3. The highest BCUT2D eigenvalue weighted by atomic mass is 19.1. The zero-order chi connectivity index (χ0) is 15.9. The second-order valence-electron chi connectivity index (χ2n) is 5.09. The number of likely N-dealkylation sites (N-methyl/N-ethyl adjacent to an activating group) is 1. The molecule has 1 amide bonds. The van der Waals surface area contributed by atoms with E-state index in [2.05, 4.69) is 17.1 Å². The van der Waals surface area contributed by atoms with Crippen LogP contribution in [0.15, 0.2) is 36.0 Å². The number of nitriles is 1. The van der Waals surface area contributed by atoms with E-state index in [0.717, 1.165) is 32.7 Å². The van der Waals surface area contributed by atoms with E-state index in [-0.39, 0.29) is 11.4 Å². The Labute approximate surface area is 129 Å². The van der Waals surface area contributed by atoms with Crippen LogP contribution in [0.3, 0.4) is 0 Å². The third-order valence-electron chi connectivity index (χ3n) is 3.63. The number of nitrogens with one attached hydrogen (secondary N) is 1. The summed E-state index contributed by atoms with van der Waals surface area (Å²) in [5.74, 6) is -0.852. The molecule has 116 valence electrons. The van der Waals surface area contributed by atoms with Crippen molar-refractivity contribution in [1.29, 1.82) is 5.26 Å². The predicted molar refractivity (Wildman–Crippen MR) is 82.4 cm³/mol. The van der Waals surface area contributed by atoms with Gasteiger partial charge in [0.25, 0.3) is 5.91 Å². The molecular weight excluding hydrogens is 283 g/mol. The smallest absolute Gasteiger partial charge is 0.267 e. The van der Waals surface area contributed by atoms with Crippen LogP contribution < -0.4 is 5.32 Å². The lowest BCUT2D eigenvalue weighted by atomic mass is 10.2. The summed E-state index contributed by atoms with van der Waals surface area (Å²) in [7, 11) is 0. The Kier molecular flexibility index (Phi) is 5.50. The maximum absolute atomic E-state index is 12.8. The highest BCUT2D eigenvalue weighted by Gasteiger charge is 2.16. The first-order valence-electron chi connectivity index (χ1n) is 7.27. The Morgan fingerprint density at radius 1 is 1.32 bits per heavy atom. The van der Waals surface area contributed by atoms with Gasteiger partial charge in [0, 0.05) is 38.1 Å². The molecule has 1 aromatic carbocycles. The van der Waals surface area contributed by atoms with E-state index in [0.29, 0.717) is 5.69 Å². The Morgan fingerprint density at radius 2 is 1.95 bits per heavy atom. The number of hydrogen-bond acceptors (Lipinski definition) is 4. The Morgan fingerprint density at radius 3 is 2.50 bits per heavy atom. The van der Waals surface area contributed by atoms with Crippen LogP contribution in [0, 0.1) is 17.1 Å². The minimum absolute atomic E-state index is 0.0503. The van der Waals surface area contributed by atoms with Crippen molar-refractivity contribution in [2.45, 2.75) is 6.92 Å². The molecule has 0 aromatic heterocycles. The normalized spacial score (nSPS) is 16.2. The SMILES string of the molecule is CCN1CCN(/C=C(/C#N)C(=O)Nc2ccc(F)cc2)CC1. The molecule has 0 atom stereocenters. The van der Waals surface area contributed by atoms with E-state index in [4.69, 9.17) is 0 Å². The molecule has 1 aliphatic heterocycles. The van der Waals surface area contributed by atoms with E-state index in [1.807, 2.05) is 11.0 Å². The van der Waals surface area contributed by atoms with Crippen LogP contribution in [-0.2, 0) is 4.79 Å². The number of carbonyl (C=O) groups excluding carboxylic acids is 1. The summed E-state index contributed by atoms with van der Waals surface area (Å²) >= 11 is 0. The number of rotatable bonds is 4. The van der Waals surface area contributed by atoms with Crippen molar-refractivity contribution in [3.05, 3.63) is 41.9 Å². The van der Waals surface area contributed by atoms with Crippen molar-refractivity contribution in [1.82, 2.24) is 9.80 Å². The minimum Gasteiger partial charge on any atom is -0.374 e. The highest BCUT2D eigenvalue weighted by Crippen LogP contribution is 2.11. The second-order valence-corrected chi connectivity index (χ2v) is 5.09. The molecule has 0 aliphatic carbocycles. The number of carbonyl (C=O) groups is 1. The maximum atomic E-state index is 12.8. The van der Waals surface area contributed by atoms with Crippen LogP contribution in [-0.4, -0.2) is 48.4 Å². The maximum Gasteiger partial charge on any atom is 0.267 e. The van der Waals surface area contributed by atoms with Gasteiger partial charge in [0.2, 0.25) is 0 Å². The molecular formula is C16H19FN4O. The third-order valence-corrected chi connectivity index (χ3v) is 3.63. The van der Waals surface area contributed by atoms with E-state index >= 15 is 0 Å². The van der Waals surface area contributed by atoms with Crippen LogP contribution in [0.2, 0.25) is 0 Å². The topological polar surface area (TPSA) is 59.4 Å². The van der Waals surface area contributed by atoms with Crippen LogP contribution in [0.25, 0.3) is 0 Å². The zero-order valence-corrected chi connectivity index (χ0v) is 12.6. The summed E-state index contributed by atoms with van der Waals surface area (Å²) < 4.78 is 12.8. The fraction of sp³-hybridized carbons (Fsp3) is 0.375. The van der Waals surface area contributed by atoms with Crippen molar-refractivity contribution >= 4 is 11.6 Å². The molecule has 5 nitrogen and oxygen atoms in total. The number of piperazine rings is 1. The number of amides is 1. The molecule has 1 N–H and O–H groups in total. The monoisotopic (exact) mass is 302 g/mol. The van der Waals surface area contributed by atoms with Crippen molar-refractivity contribution in [2.75, 3.05) is 38.0 Å². The lowest BCUT2D eigenvalue weighted by molar-refractivity contribution is -0.112. The van der Waals surface area contributed by atoms with Gasteiger partial charge in [-0.15, -0.1) is 0 Å². The van der Waals surface area contributed by atoms with Gasteiger partial charge >= 0.3 is 0 Å². The van der Waals surface area contributed by atoms with Crippen molar-refractivity contribution in [3.8, 4) is 6.07 Å². The summed E-state index contributed by atoms with van der Waals surface area (Å²) in [4.78, 5) is 16.4. The number of hydrogen-bond donors (Lipinski definition) is 1. The summed E-state index contributed by atoms with van der Waals surface area (Å²) in [6.45, 7) is 6.55. The summed E-state index contributed by atoms with van der Waals surface area (Å²) in [5.41, 5.74) is 0.512. The van der Waals surface area contributed by atoms with Crippen LogP contribution in [0.1, 0.15) is 6.92 Å². The van der Waals surface area contributed by atoms with E-state index in [9.17, 15) is 14.4 Å². The van der Waals surface area contributed by atoms with Gasteiger partial charge in [-0.1, -0.05) is 6.92 Å². The minimum atomic E-state index is -0.480. The molecule has 0 unspecified atom stereocenters. The number of benzene rings is 1. The van der Waals surface area contributed by atoms with Gasteiger partial charge in [-0.3, -0.25) is 4.79 Å². The fourth-order valence-corrected chi connectivity index (χ4v) is 2.26. The van der Waals surface area contributed by atoms with Gasteiger partial charge in [-0.2, -0.15) is 5.26 Å². The van der Waals surface area contributed by atoms with Gasteiger partial charge in [0.15, 0.2) is 0 Å². The van der Waals surface area contributed by atoms with Gasteiger partial charge in [-0.25, -0.2) is 4.39 Å². The standard InChI is InChI=1S/C16H19FN4O/c1-2-20-7-9-21(10-8-20)12-13(11-18)16(22)19-15-5-3-14(17)4-6-15/h3-6,12H,2,7-10H2,1H3,(H,19,22)/b13-12-. The zero-order valence-electron chi connectivity index (χ0n) is 12.6. The molecule has 0 radical (unpaired) electrons. The first-order valence-corrected chi connectivity index (χ1v) is 7.27. The molecule has 1 aromatic rings. The average Bonchev–Trinajstić information content (AvgIpc) is 2.55. The molecule has 22 heavy (non-hydrogen) atoms. The second kappa shape index (κ2) is 7.57. The lowest BCUT2D eigenvalue weighted by Gasteiger charge is -2.33. The van der Waals surface area contributed by atoms with Crippen LogP contribution in [0.5, 0.6) is 0 Å². The largest absolute Gasteiger partial charge is 0.374 e. The quantitative estimate of drug-likeness (QED) is 0.681. The van der Waals surface area contributed by atoms with E-state index in [1.165, 1.54) is 24.3 Å². The lowest BCUT2D eigenvalue weighted by Crippen LogP contribution is -2.44. The fourth-order valence-electron chi connectivity index (χ4n) is 2.26. The first-order chi connectivity index (χ1) is 10.6. The van der Waals surface area contributed by atoms with Gasteiger partial charge in [-0.05, 0) is 30.8 Å². The van der Waals surface area contributed by atoms with Gasteiger partial charge < -0.3 is 15.1 Å². The van der Waals surface area contributed by atoms with E-state index < -0.39 is 5.91 Å². The average molecular weight is 302 g/mol. The highest BCUT2D eigenvalue weighted by molar-refractivity contribution is 6.06. The van der Waals surface area contributed by atoms with Crippen molar-refractivity contribution in [3.63, 3.8) is 0 Å². The van der Waals surface area contributed by atoms with Gasteiger partial charge in [0.1, 0.15) is 17.5 Å². The van der Waals surface area contributed by atoms with Crippen molar-refractivity contribution < 1.29 is 9.18 Å². The van der Waals surface area contributed by atoms with Gasteiger partial charge in [0.05, 0.1) is 0 Å². The van der Waals surface area contributed by atoms with Crippen molar-refractivity contribution in [2.24, 2.45) is 0 Å².